The van der Waals surface area contributed by atoms with Gasteiger partial charge in [-0.15, -0.1) is 0 Å². The first-order chi connectivity index (χ1) is 7.04. The van der Waals surface area contributed by atoms with E-state index in [9.17, 15) is 18.7 Å². The van der Waals surface area contributed by atoms with Crippen molar-refractivity contribution >= 4 is 11.5 Å². The maximum absolute atomic E-state index is 11.8. The molecular weight excluding hydrogens is 206 g/mol. The van der Waals surface area contributed by atoms with Gasteiger partial charge in [0, 0.05) is 18.8 Å². The van der Waals surface area contributed by atoms with Gasteiger partial charge in [0.05, 0.1) is 11.8 Å². The van der Waals surface area contributed by atoms with Crippen LogP contribution in [0.5, 0.6) is 0 Å². The van der Waals surface area contributed by atoms with Gasteiger partial charge in [0.2, 0.25) is 5.78 Å². The largest absolute Gasteiger partial charge is 0.507 e. The van der Waals surface area contributed by atoms with Crippen molar-refractivity contribution in [1.29, 1.82) is 0 Å². The molecule has 82 valence electrons. The molecule has 1 rings (SSSR count). The van der Waals surface area contributed by atoms with Gasteiger partial charge >= 0.3 is 0 Å². The molecule has 0 spiro atoms. The molecule has 0 aromatic carbocycles. The lowest BCUT2D eigenvalue weighted by molar-refractivity contribution is -0.124. The van der Waals surface area contributed by atoms with E-state index in [1.54, 1.807) is 0 Å². The van der Waals surface area contributed by atoms with Gasteiger partial charge in [-0.05, 0) is 6.92 Å². The van der Waals surface area contributed by atoms with E-state index in [2.05, 4.69) is 5.10 Å². The van der Waals surface area contributed by atoms with Crippen molar-refractivity contribution in [2.24, 2.45) is 0 Å². The van der Waals surface area contributed by atoms with E-state index in [4.69, 9.17) is 0 Å². The minimum atomic E-state index is -3.10. The van der Waals surface area contributed by atoms with Gasteiger partial charge in [0.25, 0.3) is 6.43 Å². The fourth-order valence-electron chi connectivity index (χ4n) is 0.950. The Bertz CT molecular complexity index is 385. The first-order valence-electron chi connectivity index (χ1n) is 4.30. The predicted octanol–water partition coefficient (Wildman–Crippen LogP) is 1.64. The molecule has 1 N–H and O–H groups in total. The van der Waals surface area contributed by atoms with Gasteiger partial charge < -0.3 is 5.11 Å². The lowest BCUT2D eigenvalue weighted by Gasteiger charge is -1.95. The molecule has 0 atom stereocenters. The number of rotatable bonds is 4. The highest BCUT2D eigenvalue weighted by molar-refractivity contribution is 5.97. The van der Waals surface area contributed by atoms with Crippen LogP contribution in [-0.2, 0) is 11.3 Å². The molecule has 0 bridgehead atoms. The summed E-state index contributed by atoms with van der Waals surface area (Å²) < 4.78 is 25.2. The van der Waals surface area contributed by atoms with Crippen LogP contribution in [-0.4, -0.2) is 27.1 Å². The number of carbonyl (C=O) groups is 1. The molecular formula is C9H10F2N2O2. The molecule has 0 saturated heterocycles. The number of aromatic nitrogens is 2. The molecule has 0 radical (unpaired) electrons. The monoisotopic (exact) mass is 216 g/mol. The fourth-order valence-corrected chi connectivity index (χ4v) is 0.950. The number of hydrogen-bond donors (Lipinski definition) is 1. The standard InChI is InChI=1S/C9H10F2N2O2/c1-2-13-5-6(4-12-13)7(14)3-8(15)9(10)11/h3-5,9,14H,2H2,1H3. The number of alkyl halides is 2. The lowest BCUT2D eigenvalue weighted by atomic mass is 10.2. The number of halogens is 2. The Morgan fingerprint density at radius 1 is 1.73 bits per heavy atom. The average Bonchev–Trinajstić information content (AvgIpc) is 2.65. The van der Waals surface area contributed by atoms with Crippen LogP contribution in [0.3, 0.4) is 0 Å². The van der Waals surface area contributed by atoms with Gasteiger partial charge in [-0.25, -0.2) is 8.78 Å². The topological polar surface area (TPSA) is 55.1 Å². The molecule has 1 heterocycles. The van der Waals surface area contributed by atoms with Gasteiger partial charge in [-0.3, -0.25) is 9.48 Å². The van der Waals surface area contributed by atoms with Crippen LogP contribution in [0.2, 0.25) is 0 Å². The number of aliphatic hydroxyl groups is 1. The predicted molar refractivity (Wildman–Crippen MR) is 49.5 cm³/mol. The lowest BCUT2D eigenvalue weighted by Crippen LogP contribution is -2.06. The summed E-state index contributed by atoms with van der Waals surface area (Å²) >= 11 is 0. The zero-order valence-corrected chi connectivity index (χ0v) is 8.02. The van der Waals surface area contributed by atoms with Crippen molar-refractivity contribution in [2.75, 3.05) is 0 Å². The van der Waals surface area contributed by atoms with Crippen LogP contribution in [0.4, 0.5) is 8.78 Å². The minimum Gasteiger partial charge on any atom is -0.507 e. The fraction of sp³-hybridized carbons (Fsp3) is 0.333. The Labute approximate surface area is 84.8 Å². The van der Waals surface area contributed by atoms with Crippen molar-refractivity contribution in [3.05, 3.63) is 24.0 Å². The second-order valence-electron chi connectivity index (χ2n) is 2.82. The Morgan fingerprint density at radius 3 is 2.87 bits per heavy atom. The summed E-state index contributed by atoms with van der Waals surface area (Å²) in [5.41, 5.74) is 0.242. The van der Waals surface area contributed by atoms with Crippen LogP contribution in [0, 0.1) is 0 Å². The summed E-state index contributed by atoms with van der Waals surface area (Å²) in [6, 6.07) is 0. The molecule has 0 aliphatic rings. The van der Waals surface area contributed by atoms with Crippen molar-refractivity contribution in [2.45, 2.75) is 19.9 Å². The zero-order valence-electron chi connectivity index (χ0n) is 8.02. The SMILES string of the molecule is CCn1cc(C(O)=CC(=O)C(F)F)cn1. The maximum Gasteiger partial charge on any atom is 0.300 e. The quantitative estimate of drug-likeness (QED) is 0.614. The van der Waals surface area contributed by atoms with E-state index in [1.807, 2.05) is 6.92 Å². The Hall–Kier alpha value is -1.72. The summed E-state index contributed by atoms with van der Waals surface area (Å²) in [5.74, 6) is -1.92. The van der Waals surface area contributed by atoms with Crippen molar-refractivity contribution in [3.8, 4) is 0 Å². The van der Waals surface area contributed by atoms with E-state index in [0.717, 1.165) is 0 Å². The van der Waals surface area contributed by atoms with Crippen LogP contribution in [0.15, 0.2) is 18.5 Å². The highest BCUT2D eigenvalue weighted by atomic mass is 19.3. The Kier molecular flexibility index (Phi) is 3.54. The van der Waals surface area contributed by atoms with Gasteiger partial charge in [0.1, 0.15) is 5.76 Å². The van der Waals surface area contributed by atoms with E-state index in [1.165, 1.54) is 17.1 Å². The molecule has 0 aliphatic carbocycles. The maximum atomic E-state index is 11.8. The summed E-state index contributed by atoms with van der Waals surface area (Å²) in [7, 11) is 0. The number of allylic oxidation sites excluding steroid dienone is 1. The van der Waals surface area contributed by atoms with Crippen molar-refractivity contribution in [1.82, 2.24) is 9.78 Å². The minimum absolute atomic E-state index is 0.242. The Balaban J connectivity index is 2.84. The molecule has 0 amide bonds. The first kappa shape index (κ1) is 11.4. The molecule has 0 unspecified atom stereocenters. The van der Waals surface area contributed by atoms with Crippen molar-refractivity contribution in [3.63, 3.8) is 0 Å². The van der Waals surface area contributed by atoms with Gasteiger partial charge in [0.15, 0.2) is 0 Å². The number of ketones is 1. The van der Waals surface area contributed by atoms with E-state index in [-0.39, 0.29) is 5.56 Å². The summed E-state index contributed by atoms with van der Waals surface area (Å²) in [6.07, 6.45) is 0.161. The van der Waals surface area contributed by atoms with Gasteiger partial charge in [-0.2, -0.15) is 5.10 Å². The molecule has 6 heteroatoms. The van der Waals surface area contributed by atoms with Crippen LogP contribution in [0.25, 0.3) is 5.76 Å². The summed E-state index contributed by atoms with van der Waals surface area (Å²) in [6.45, 7) is 2.43. The Morgan fingerprint density at radius 2 is 2.40 bits per heavy atom. The second kappa shape index (κ2) is 4.68. The molecule has 1 aromatic rings. The first-order valence-corrected chi connectivity index (χ1v) is 4.30. The summed E-state index contributed by atoms with van der Waals surface area (Å²) in [4.78, 5) is 10.6. The normalized spacial score (nSPS) is 12.1. The third kappa shape index (κ3) is 2.87. The van der Waals surface area contributed by atoms with Crippen molar-refractivity contribution < 1.29 is 18.7 Å². The molecule has 0 saturated carbocycles. The number of aryl methyl sites for hydroxylation is 1. The van der Waals surface area contributed by atoms with E-state index in [0.29, 0.717) is 12.6 Å². The number of carbonyl (C=O) groups excluding carboxylic acids is 1. The highest BCUT2D eigenvalue weighted by Gasteiger charge is 2.14. The molecule has 4 nitrogen and oxygen atoms in total. The number of nitrogens with zero attached hydrogens (tertiary/aromatic N) is 2. The molecule has 0 aliphatic heterocycles. The van der Waals surface area contributed by atoms with E-state index >= 15 is 0 Å². The highest BCUT2D eigenvalue weighted by Crippen LogP contribution is 2.11. The third-order valence-electron chi connectivity index (χ3n) is 1.75. The molecule has 1 aromatic heterocycles. The summed E-state index contributed by atoms with van der Waals surface area (Å²) in [5, 5.41) is 13.1. The van der Waals surface area contributed by atoms with Gasteiger partial charge in [-0.1, -0.05) is 0 Å². The van der Waals surface area contributed by atoms with Crippen LogP contribution in [0.1, 0.15) is 12.5 Å². The second-order valence-corrected chi connectivity index (χ2v) is 2.82. The average molecular weight is 216 g/mol. The van der Waals surface area contributed by atoms with Crippen LogP contribution >= 0.6 is 0 Å². The third-order valence-corrected chi connectivity index (χ3v) is 1.75. The zero-order chi connectivity index (χ0) is 11.4. The number of hydrogen-bond acceptors (Lipinski definition) is 3. The van der Waals surface area contributed by atoms with E-state index < -0.39 is 18.0 Å². The van der Waals surface area contributed by atoms with Crippen LogP contribution < -0.4 is 0 Å². The molecule has 15 heavy (non-hydrogen) atoms. The number of aliphatic hydroxyl groups excluding tert-OH is 1. The molecule has 0 fully saturated rings. The smallest absolute Gasteiger partial charge is 0.300 e.